The highest BCUT2D eigenvalue weighted by Gasteiger charge is 2.36. The van der Waals surface area contributed by atoms with Gasteiger partial charge in [-0.1, -0.05) is 41.9 Å². The number of aromatic nitrogens is 1. The van der Waals surface area contributed by atoms with E-state index in [-0.39, 0.29) is 23.5 Å². The van der Waals surface area contributed by atoms with E-state index < -0.39 is 17.8 Å². The van der Waals surface area contributed by atoms with Crippen LogP contribution in [0.15, 0.2) is 78.9 Å². The maximum atomic E-state index is 12.9. The van der Waals surface area contributed by atoms with Crippen LogP contribution in [0.4, 0.5) is 0 Å². The van der Waals surface area contributed by atoms with Crippen LogP contribution in [0.25, 0.3) is 10.9 Å². The highest BCUT2D eigenvalue weighted by molar-refractivity contribution is 6.30. The second-order valence-corrected chi connectivity index (χ2v) is 7.90. The summed E-state index contributed by atoms with van der Waals surface area (Å²) in [5, 5.41) is 13.8. The number of hydrogen-bond acceptors (Lipinski definition) is 5. The molecule has 5 rings (SSSR count). The molecule has 0 aliphatic carbocycles. The Bertz CT molecular complexity index is 1430. The fourth-order valence-corrected chi connectivity index (χ4v) is 4.04. The lowest BCUT2D eigenvalue weighted by atomic mass is 10.1. The third kappa shape index (κ3) is 3.58. The molecule has 0 bridgehead atoms. The van der Waals surface area contributed by atoms with Crippen LogP contribution in [-0.2, 0) is 6.54 Å². The lowest BCUT2D eigenvalue weighted by molar-refractivity contribution is -0.582. The van der Waals surface area contributed by atoms with Crippen LogP contribution >= 0.6 is 11.6 Å². The molecule has 2 heterocycles. The Balaban J connectivity index is 1.54. The first-order valence-corrected chi connectivity index (χ1v) is 10.4. The van der Waals surface area contributed by atoms with Gasteiger partial charge in [-0.25, -0.2) is 4.79 Å². The minimum absolute atomic E-state index is 0.0879. The minimum Gasteiger partial charge on any atom is -0.616 e. The van der Waals surface area contributed by atoms with Crippen LogP contribution in [-0.4, -0.2) is 22.7 Å². The summed E-state index contributed by atoms with van der Waals surface area (Å²) in [5.74, 6) is -1.87. The Labute approximate surface area is 193 Å². The highest BCUT2D eigenvalue weighted by Crippen LogP contribution is 2.28. The second kappa shape index (κ2) is 8.03. The second-order valence-electron chi connectivity index (χ2n) is 7.46. The molecule has 7 nitrogen and oxygen atoms in total. The van der Waals surface area contributed by atoms with Gasteiger partial charge in [0.05, 0.1) is 34.7 Å². The van der Waals surface area contributed by atoms with Crippen molar-refractivity contribution in [2.75, 3.05) is 0 Å². The third-order valence-corrected chi connectivity index (χ3v) is 5.67. The number of nitrogens with zero attached hydrogens (tertiary/aromatic N) is 2. The summed E-state index contributed by atoms with van der Waals surface area (Å²) in [7, 11) is 0. The van der Waals surface area contributed by atoms with Gasteiger partial charge < -0.3 is 9.94 Å². The van der Waals surface area contributed by atoms with E-state index in [2.05, 4.69) is 0 Å². The Morgan fingerprint density at radius 1 is 0.909 bits per heavy atom. The topological polar surface area (TPSA) is 90.6 Å². The van der Waals surface area contributed by atoms with Crippen LogP contribution in [0.3, 0.4) is 0 Å². The van der Waals surface area contributed by atoms with Crippen LogP contribution in [0.5, 0.6) is 5.88 Å². The zero-order chi connectivity index (χ0) is 23.1. The van der Waals surface area contributed by atoms with E-state index in [1.165, 1.54) is 18.2 Å². The van der Waals surface area contributed by atoms with E-state index in [9.17, 15) is 19.6 Å². The summed E-state index contributed by atoms with van der Waals surface area (Å²) in [5.41, 5.74) is 1.56. The van der Waals surface area contributed by atoms with E-state index >= 15 is 0 Å². The molecule has 2 amide bonds. The van der Waals surface area contributed by atoms with Crippen LogP contribution in [0.2, 0.25) is 5.02 Å². The average Bonchev–Trinajstić information content (AvgIpc) is 3.07. The number of benzene rings is 3. The van der Waals surface area contributed by atoms with Crippen LogP contribution in [0, 0.1) is 5.21 Å². The number of carbonyl (C=O) groups is 3. The Morgan fingerprint density at radius 3 is 2.27 bits per heavy atom. The van der Waals surface area contributed by atoms with Crippen molar-refractivity contribution in [1.82, 2.24) is 4.90 Å². The third-order valence-electron chi connectivity index (χ3n) is 5.43. The van der Waals surface area contributed by atoms with Gasteiger partial charge in [-0.2, -0.15) is 0 Å². The van der Waals surface area contributed by atoms with Gasteiger partial charge in [0.15, 0.2) is 0 Å². The molecule has 1 aliphatic heterocycles. The molecule has 0 radical (unpaired) electrons. The molecule has 1 aromatic heterocycles. The molecule has 1 aliphatic rings. The van der Waals surface area contributed by atoms with Gasteiger partial charge in [-0.3, -0.25) is 14.5 Å². The average molecular weight is 459 g/mol. The molecule has 8 heteroatoms. The van der Waals surface area contributed by atoms with Crippen molar-refractivity contribution in [3.05, 3.63) is 111 Å². The van der Waals surface area contributed by atoms with Gasteiger partial charge in [0.1, 0.15) is 0 Å². The normalized spacial score (nSPS) is 12.8. The molecule has 4 aromatic rings. The van der Waals surface area contributed by atoms with Crippen molar-refractivity contribution in [2.45, 2.75) is 6.54 Å². The van der Waals surface area contributed by atoms with Gasteiger partial charge in [0, 0.05) is 11.1 Å². The molecular weight excluding hydrogens is 444 g/mol. The van der Waals surface area contributed by atoms with Crippen molar-refractivity contribution < 1.29 is 23.9 Å². The van der Waals surface area contributed by atoms with E-state index in [1.807, 2.05) is 0 Å². The number of amides is 2. The van der Waals surface area contributed by atoms with Crippen molar-refractivity contribution in [3.8, 4) is 5.88 Å². The predicted octanol–water partition coefficient (Wildman–Crippen LogP) is 4.14. The molecule has 0 atom stereocenters. The first kappa shape index (κ1) is 20.7. The van der Waals surface area contributed by atoms with E-state index in [0.29, 0.717) is 31.8 Å². The predicted molar refractivity (Wildman–Crippen MR) is 120 cm³/mol. The molecule has 0 saturated heterocycles. The summed E-state index contributed by atoms with van der Waals surface area (Å²) in [6, 6.07) is 20.8. The lowest BCUT2D eigenvalue weighted by Crippen LogP contribution is -2.34. The van der Waals surface area contributed by atoms with Gasteiger partial charge in [-0.15, -0.1) is 4.73 Å². The Hall–Kier alpha value is -4.23. The molecular formula is C25H15ClN2O5. The van der Waals surface area contributed by atoms with E-state index in [4.69, 9.17) is 16.3 Å². The number of rotatable bonds is 4. The van der Waals surface area contributed by atoms with Crippen molar-refractivity contribution >= 4 is 40.3 Å². The summed E-state index contributed by atoms with van der Waals surface area (Å²) in [4.78, 5) is 39.4. The van der Waals surface area contributed by atoms with Gasteiger partial charge >= 0.3 is 11.8 Å². The number of esters is 1. The largest absolute Gasteiger partial charge is 0.616 e. The number of hydrogen-bond donors (Lipinski definition) is 0. The minimum atomic E-state index is -0.760. The lowest BCUT2D eigenvalue weighted by Gasteiger charge is -2.16. The number of para-hydroxylation sites is 1. The molecule has 0 saturated carbocycles. The Kier molecular flexibility index (Phi) is 5.03. The molecule has 3 aromatic carbocycles. The summed E-state index contributed by atoms with van der Waals surface area (Å²) < 4.78 is 5.88. The molecule has 0 spiro atoms. The van der Waals surface area contributed by atoms with Crippen LogP contribution < -0.4 is 9.47 Å². The summed E-state index contributed by atoms with van der Waals surface area (Å²) in [6.45, 7) is -0.0879. The number of ether oxygens (including phenoxy) is 1. The van der Waals surface area contributed by atoms with Gasteiger partial charge in [0.2, 0.25) is 5.52 Å². The van der Waals surface area contributed by atoms with Crippen molar-refractivity contribution in [2.24, 2.45) is 0 Å². The molecule has 0 unspecified atom stereocenters. The SMILES string of the molecule is O=C(Oc1cc(CN2C(=O)c3ccccc3C2=O)c2ccccc2[n+]1[O-])c1cccc(Cl)c1. The first-order chi connectivity index (χ1) is 15.9. The fraction of sp³-hybridized carbons (Fsp3) is 0.0400. The van der Waals surface area contributed by atoms with Gasteiger partial charge in [-0.05, 0) is 42.0 Å². The quantitative estimate of drug-likeness (QED) is 0.198. The molecule has 33 heavy (non-hydrogen) atoms. The summed E-state index contributed by atoms with van der Waals surface area (Å²) >= 11 is 5.94. The van der Waals surface area contributed by atoms with Crippen molar-refractivity contribution in [1.29, 1.82) is 0 Å². The maximum Gasteiger partial charge on any atom is 0.388 e. The number of fused-ring (bicyclic) bond motifs is 2. The zero-order valence-corrected chi connectivity index (χ0v) is 17.8. The Morgan fingerprint density at radius 2 is 1.58 bits per heavy atom. The number of pyridine rings is 1. The number of imide groups is 1. The van der Waals surface area contributed by atoms with E-state index in [1.54, 1.807) is 60.7 Å². The number of carbonyl (C=O) groups excluding carboxylic acids is 3. The molecule has 0 N–H and O–H groups in total. The van der Waals surface area contributed by atoms with Gasteiger partial charge in [0.25, 0.3) is 11.8 Å². The van der Waals surface area contributed by atoms with Crippen LogP contribution in [0.1, 0.15) is 36.6 Å². The highest BCUT2D eigenvalue weighted by atomic mass is 35.5. The van der Waals surface area contributed by atoms with E-state index in [0.717, 1.165) is 4.90 Å². The number of halogens is 1. The fourth-order valence-electron chi connectivity index (χ4n) is 3.85. The summed E-state index contributed by atoms with van der Waals surface area (Å²) in [6.07, 6.45) is 0. The zero-order valence-electron chi connectivity index (χ0n) is 17.0. The monoisotopic (exact) mass is 458 g/mol. The van der Waals surface area contributed by atoms with Crippen molar-refractivity contribution in [3.63, 3.8) is 0 Å². The molecule has 162 valence electrons. The standard InChI is InChI=1S/C25H15ClN2O5/c26-17-7-5-6-15(12-17)25(31)33-22-13-16(18-8-3-4-11-21(18)28(22)32)14-27-23(29)19-9-1-2-10-20(19)24(27)30/h1-13H,14H2. The first-order valence-electron chi connectivity index (χ1n) is 10.0. The molecule has 0 fully saturated rings. The maximum absolute atomic E-state index is 12.9. The smallest absolute Gasteiger partial charge is 0.388 e.